The third-order valence-electron chi connectivity index (χ3n) is 3.32. The number of carbonyl (C=O) groups excluding carboxylic acids is 1. The molecule has 17 heavy (non-hydrogen) atoms. The quantitative estimate of drug-likeness (QED) is 0.751. The highest BCUT2D eigenvalue weighted by Gasteiger charge is 2.42. The minimum Gasteiger partial charge on any atom is -0.468 e. The van der Waals surface area contributed by atoms with E-state index in [1.807, 2.05) is 31.2 Å². The Labute approximate surface area is 102 Å². The van der Waals surface area contributed by atoms with Gasteiger partial charge in [0.15, 0.2) is 0 Å². The van der Waals surface area contributed by atoms with E-state index in [4.69, 9.17) is 10.00 Å². The maximum Gasteiger partial charge on any atom is 0.317 e. The number of benzene rings is 1. The molecule has 2 atom stereocenters. The zero-order valence-electron chi connectivity index (χ0n) is 10.7. The van der Waals surface area contributed by atoms with Crippen LogP contribution in [0.4, 0.5) is 0 Å². The predicted molar refractivity (Wildman–Crippen MR) is 65.3 cm³/mol. The first kappa shape index (κ1) is 13.2. The number of rotatable bonds is 3. The molecular formula is C14H17NO2. The maximum absolute atomic E-state index is 11.9. The SMILES string of the molecule is COC(=O)C(C)(c1ccc(C)cc1)C(C)C#N. The molecular weight excluding hydrogens is 214 g/mol. The summed E-state index contributed by atoms with van der Waals surface area (Å²) in [5.41, 5.74) is 1.01. The average Bonchev–Trinajstić information content (AvgIpc) is 2.36. The summed E-state index contributed by atoms with van der Waals surface area (Å²) in [4.78, 5) is 11.9. The topological polar surface area (TPSA) is 50.1 Å². The summed E-state index contributed by atoms with van der Waals surface area (Å²) in [7, 11) is 1.35. The number of nitriles is 1. The van der Waals surface area contributed by atoms with E-state index in [9.17, 15) is 4.79 Å². The lowest BCUT2D eigenvalue weighted by molar-refractivity contribution is -0.148. The normalized spacial score (nSPS) is 15.5. The van der Waals surface area contributed by atoms with Crippen molar-refractivity contribution >= 4 is 5.97 Å². The minimum absolute atomic E-state index is 0.379. The molecule has 1 aromatic carbocycles. The van der Waals surface area contributed by atoms with E-state index in [0.717, 1.165) is 11.1 Å². The van der Waals surface area contributed by atoms with Gasteiger partial charge in [-0.15, -0.1) is 0 Å². The molecule has 0 amide bonds. The molecule has 0 saturated carbocycles. The highest BCUT2D eigenvalue weighted by molar-refractivity contribution is 5.83. The Hall–Kier alpha value is -1.82. The summed E-state index contributed by atoms with van der Waals surface area (Å²) < 4.78 is 4.83. The van der Waals surface area contributed by atoms with Gasteiger partial charge in [-0.05, 0) is 26.3 Å². The number of aryl methyl sites for hydroxylation is 1. The summed E-state index contributed by atoms with van der Waals surface area (Å²) in [5, 5.41) is 9.07. The van der Waals surface area contributed by atoms with Crippen LogP contribution < -0.4 is 0 Å². The van der Waals surface area contributed by atoms with Gasteiger partial charge in [0, 0.05) is 0 Å². The number of esters is 1. The Morgan fingerprint density at radius 1 is 1.41 bits per heavy atom. The molecule has 1 aromatic rings. The molecule has 0 radical (unpaired) electrons. The first-order valence-corrected chi connectivity index (χ1v) is 5.52. The summed E-state index contributed by atoms with van der Waals surface area (Å²) in [6.45, 7) is 5.46. The Balaban J connectivity index is 3.29. The first-order valence-electron chi connectivity index (χ1n) is 5.52. The lowest BCUT2D eigenvalue weighted by atomic mass is 9.73. The molecule has 0 aliphatic rings. The highest BCUT2D eigenvalue weighted by atomic mass is 16.5. The minimum atomic E-state index is -0.919. The van der Waals surface area contributed by atoms with Crippen molar-refractivity contribution in [3.05, 3.63) is 35.4 Å². The fourth-order valence-electron chi connectivity index (χ4n) is 1.79. The van der Waals surface area contributed by atoms with Crippen molar-refractivity contribution in [2.45, 2.75) is 26.2 Å². The predicted octanol–water partition coefficient (Wildman–Crippen LogP) is 2.59. The van der Waals surface area contributed by atoms with Crippen molar-refractivity contribution in [3.8, 4) is 6.07 Å². The van der Waals surface area contributed by atoms with E-state index in [-0.39, 0.29) is 5.97 Å². The molecule has 0 saturated heterocycles. The largest absolute Gasteiger partial charge is 0.468 e. The molecule has 0 aliphatic carbocycles. The van der Waals surface area contributed by atoms with Crippen molar-refractivity contribution < 1.29 is 9.53 Å². The van der Waals surface area contributed by atoms with Gasteiger partial charge >= 0.3 is 5.97 Å². The van der Waals surface area contributed by atoms with Crippen LogP contribution in [0.3, 0.4) is 0 Å². The van der Waals surface area contributed by atoms with Crippen molar-refractivity contribution in [1.82, 2.24) is 0 Å². The lowest BCUT2D eigenvalue weighted by Gasteiger charge is -2.29. The summed E-state index contributed by atoms with van der Waals surface area (Å²) in [5.74, 6) is -0.826. The molecule has 2 unspecified atom stereocenters. The third kappa shape index (κ3) is 2.31. The van der Waals surface area contributed by atoms with Gasteiger partial charge in [-0.2, -0.15) is 5.26 Å². The molecule has 0 fully saturated rings. The monoisotopic (exact) mass is 231 g/mol. The van der Waals surface area contributed by atoms with Crippen LogP contribution in [0.1, 0.15) is 25.0 Å². The van der Waals surface area contributed by atoms with Crippen LogP contribution in [-0.2, 0) is 14.9 Å². The number of hydrogen-bond acceptors (Lipinski definition) is 3. The lowest BCUT2D eigenvalue weighted by Crippen LogP contribution is -2.39. The van der Waals surface area contributed by atoms with Gasteiger partial charge in [0.2, 0.25) is 0 Å². The standard InChI is InChI=1S/C14H17NO2/c1-10-5-7-12(8-6-10)14(3,11(2)9-15)13(16)17-4/h5-8,11H,1-4H3. The van der Waals surface area contributed by atoms with Crippen molar-refractivity contribution in [1.29, 1.82) is 5.26 Å². The molecule has 0 heterocycles. The molecule has 0 bridgehead atoms. The Kier molecular flexibility index (Phi) is 3.90. The molecule has 3 heteroatoms. The van der Waals surface area contributed by atoms with Crippen molar-refractivity contribution in [2.75, 3.05) is 7.11 Å². The average molecular weight is 231 g/mol. The van der Waals surface area contributed by atoms with Crippen molar-refractivity contribution in [2.24, 2.45) is 5.92 Å². The number of carbonyl (C=O) groups is 1. The van der Waals surface area contributed by atoms with Gasteiger partial charge in [0.1, 0.15) is 5.41 Å². The summed E-state index contributed by atoms with van der Waals surface area (Å²) in [6.07, 6.45) is 0. The maximum atomic E-state index is 11.9. The third-order valence-corrected chi connectivity index (χ3v) is 3.32. The number of hydrogen-bond donors (Lipinski definition) is 0. The Bertz CT molecular complexity index is 444. The van der Waals surface area contributed by atoms with E-state index >= 15 is 0 Å². The van der Waals surface area contributed by atoms with Crippen LogP contribution in [0.25, 0.3) is 0 Å². The van der Waals surface area contributed by atoms with Gasteiger partial charge in [-0.3, -0.25) is 4.79 Å². The van der Waals surface area contributed by atoms with E-state index in [1.165, 1.54) is 7.11 Å². The highest BCUT2D eigenvalue weighted by Crippen LogP contribution is 2.33. The van der Waals surface area contributed by atoms with Crippen LogP contribution in [0.2, 0.25) is 0 Å². The van der Waals surface area contributed by atoms with E-state index < -0.39 is 11.3 Å². The molecule has 0 N–H and O–H groups in total. The van der Waals surface area contributed by atoms with Gasteiger partial charge in [0.05, 0.1) is 19.1 Å². The van der Waals surface area contributed by atoms with Crippen LogP contribution in [0, 0.1) is 24.2 Å². The molecule has 0 aromatic heterocycles. The zero-order chi connectivity index (χ0) is 13.1. The van der Waals surface area contributed by atoms with Gasteiger partial charge < -0.3 is 4.74 Å². The Morgan fingerprint density at radius 3 is 2.35 bits per heavy atom. The van der Waals surface area contributed by atoms with Crippen LogP contribution in [-0.4, -0.2) is 13.1 Å². The number of methoxy groups -OCH3 is 1. The number of ether oxygens (including phenoxy) is 1. The zero-order valence-corrected chi connectivity index (χ0v) is 10.7. The first-order chi connectivity index (χ1) is 7.96. The molecule has 3 nitrogen and oxygen atoms in total. The van der Waals surface area contributed by atoms with Gasteiger partial charge in [-0.1, -0.05) is 29.8 Å². The van der Waals surface area contributed by atoms with Crippen LogP contribution in [0.15, 0.2) is 24.3 Å². The second-order valence-electron chi connectivity index (χ2n) is 4.41. The second-order valence-corrected chi connectivity index (χ2v) is 4.41. The van der Waals surface area contributed by atoms with Gasteiger partial charge in [-0.25, -0.2) is 0 Å². The summed E-state index contributed by atoms with van der Waals surface area (Å²) in [6, 6.07) is 9.75. The van der Waals surface area contributed by atoms with Crippen molar-refractivity contribution in [3.63, 3.8) is 0 Å². The molecule has 0 aliphatic heterocycles. The molecule has 0 spiro atoms. The van der Waals surface area contributed by atoms with Crippen LogP contribution >= 0.6 is 0 Å². The smallest absolute Gasteiger partial charge is 0.317 e. The fraction of sp³-hybridized carbons (Fsp3) is 0.429. The Morgan fingerprint density at radius 2 is 1.94 bits per heavy atom. The second kappa shape index (κ2) is 5.01. The van der Waals surface area contributed by atoms with E-state index in [0.29, 0.717) is 0 Å². The van der Waals surface area contributed by atoms with Crippen LogP contribution in [0.5, 0.6) is 0 Å². The molecule has 90 valence electrons. The van der Waals surface area contributed by atoms with E-state index in [2.05, 4.69) is 6.07 Å². The molecule has 1 rings (SSSR count). The summed E-state index contributed by atoms with van der Waals surface area (Å²) >= 11 is 0. The van der Waals surface area contributed by atoms with E-state index in [1.54, 1.807) is 13.8 Å². The number of nitrogens with zero attached hydrogens (tertiary/aromatic N) is 1. The fourth-order valence-corrected chi connectivity index (χ4v) is 1.79. The van der Waals surface area contributed by atoms with Gasteiger partial charge in [0.25, 0.3) is 0 Å².